The summed E-state index contributed by atoms with van der Waals surface area (Å²) < 4.78 is 0. The number of fused-ring (bicyclic) bond motifs is 2. The van der Waals surface area contributed by atoms with Gasteiger partial charge in [0.1, 0.15) is 0 Å². The molecule has 0 aromatic heterocycles. The third-order valence-corrected chi connectivity index (χ3v) is 8.82. The Labute approximate surface area is 278 Å². The van der Waals surface area contributed by atoms with Gasteiger partial charge in [-0.1, -0.05) is 133 Å². The van der Waals surface area contributed by atoms with Crippen LogP contribution in [0.15, 0.2) is 188 Å². The second-order valence-corrected chi connectivity index (χ2v) is 11.8. The first kappa shape index (κ1) is 29.8. The highest BCUT2D eigenvalue weighted by Crippen LogP contribution is 2.39. The maximum atomic E-state index is 2.40. The Hall–Kier alpha value is -5.86. The van der Waals surface area contributed by atoms with Crippen molar-refractivity contribution in [3.63, 3.8) is 0 Å². The van der Waals surface area contributed by atoms with Crippen LogP contribution in [0.1, 0.15) is 19.4 Å². The van der Waals surface area contributed by atoms with Crippen molar-refractivity contribution in [3.05, 3.63) is 193 Å². The van der Waals surface area contributed by atoms with Gasteiger partial charge in [0.15, 0.2) is 0 Å². The molecule has 0 spiro atoms. The zero-order valence-corrected chi connectivity index (χ0v) is 26.9. The molecule has 0 fully saturated rings. The number of allylic oxidation sites excluding steroid dienone is 4. The van der Waals surface area contributed by atoms with Crippen molar-refractivity contribution in [1.82, 2.24) is 0 Å². The van der Waals surface area contributed by atoms with Gasteiger partial charge in [-0.2, -0.15) is 0 Å². The van der Waals surface area contributed by atoms with Crippen LogP contribution in [0.5, 0.6) is 0 Å². The van der Waals surface area contributed by atoms with Crippen molar-refractivity contribution in [2.45, 2.75) is 20.4 Å². The van der Waals surface area contributed by atoms with Gasteiger partial charge in [0, 0.05) is 34.7 Å². The van der Waals surface area contributed by atoms with E-state index in [4.69, 9.17) is 0 Å². The molecule has 0 unspecified atom stereocenters. The van der Waals surface area contributed by atoms with Crippen LogP contribution in [0.3, 0.4) is 0 Å². The molecule has 47 heavy (non-hydrogen) atoms. The lowest BCUT2D eigenvalue weighted by atomic mass is 10.0. The van der Waals surface area contributed by atoms with Gasteiger partial charge in [-0.05, 0) is 95.2 Å². The van der Waals surface area contributed by atoms with Gasteiger partial charge in [0.2, 0.25) is 0 Å². The minimum atomic E-state index is 0.790. The maximum absolute atomic E-state index is 2.40. The van der Waals surface area contributed by atoms with Crippen molar-refractivity contribution in [2.24, 2.45) is 0 Å². The van der Waals surface area contributed by atoms with E-state index in [1.165, 1.54) is 55.3 Å². The first-order chi connectivity index (χ1) is 23.2. The molecule has 0 saturated carbocycles. The number of anilines is 4. The molecular weight excluding hydrogens is 569 g/mol. The van der Waals surface area contributed by atoms with Gasteiger partial charge in [-0.25, -0.2) is 0 Å². The average molecular weight is 607 g/mol. The fourth-order valence-corrected chi connectivity index (χ4v) is 6.39. The van der Waals surface area contributed by atoms with E-state index in [2.05, 4.69) is 206 Å². The van der Waals surface area contributed by atoms with Gasteiger partial charge in [0.05, 0.1) is 5.69 Å². The maximum Gasteiger partial charge on any atom is 0.0540 e. The minimum Gasteiger partial charge on any atom is -0.341 e. The Kier molecular flexibility index (Phi) is 8.66. The third kappa shape index (κ3) is 6.32. The predicted octanol–water partition coefficient (Wildman–Crippen LogP) is 12.6. The molecular formula is C45H38N2. The average Bonchev–Trinajstić information content (AvgIpc) is 3.14. The summed E-state index contributed by atoms with van der Waals surface area (Å²) in [5, 5.41) is 5.02. The molecule has 0 saturated heterocycles. The fraction of sp³-hybridized carbons (Fsp3) is 0.0667. The summed E-state index contributed by atoms with van der Waals surface area (Å²) in [4.78, 5) is 4.75. The highest BCUT2D eigenvalue weighted by Gasteiger charge is 2.16. The monoisotopic (exact) mass is 606 g/mol. The van der Waals surface area contributed by atoms with Crippen molar-refractivity contribution in [1.29, 1.82) is 0 Å². The van der Waals surface area contributed by atoms with E-state index in [9.17, 15) is 0 Å². The molecule has 2 heteroatoms. The molecule has 0 N–H and O–H groups in total. The Morgan fingerprint density at radius 3 is 1.72 bits per heavy atom. The van der Waals surface area contributed by atoms with Crippen LogP contribution >= 0.6 is 0 Å². The smallest absolute Gasteiger partial charge is 0.0540 e. The van der Waals surface area contributed by atoms with Crippen molar-refractivity contribution in [3.8, 4) is 11.1 Å². The van der Waals surface area contributed by atoms with E-state index in [1.54, 1.807) is 0 Å². The summed E-state index contributed by atoms with van der Waals surface area (Å²) in [5.74, 6) is 0. The Balaban J connectivity index is 1.21. The lowest BCUT2D eigenvalue weighted by Gasteiger charge is -2.27. The zero-order chi connectivity index (χ0) is 32.0. The topological polar surface area (TPSA) is 6.48 Å². The van der Waals surface area contributed by atoms with Crippen molar-refractivity contribution < 1.29 is 0 Å². The normalized spacial score (nSPS) is 11.7. The van der Waals surface area contributed by atoms with Gasteiger partial charge >= 0.3 is 0 Å². The number of hydrogen-bond donors (Lipinski definition) is 0. The number of para-hydroxylation sites is 1. The van der Waals surface area contributed by atoms with Crippen molar-refractivity contribution in [2.75, 3.05) is 9.80 Å². The lowest BCUT2D eigenvalue weighted by Crippen LogP contribution is -2.20. The zero-order valence-electron chi connectivity index (χ0n) is 26.9. The Bertz CT molecular complexity index is 2160. The van der Waals surface area contributed by atoms with Gasteiger partial charge in [0.25, 0.3) is 0 Å². The molecule has 0 aliphatic rings. The highest BCUT2D eigenvalue weighted by molar-refractivity contribution is 5.99. The SMILES string of the molecule is C/C=C\C=C(/C)N(Cc1cccc2ccccc12)c1ccc(-c2ccc(N(c3ccccc3)c3cccc4ccccc34)cc2)cc1. The second kappa shape index (κ2) is 13.6. The predicted molar refractivity (Wildman–Crippen MR) is 203 cm³/mol. The van der Waals surface area contributed by atoms with Crippen LogP contribution in [0.25, 0.3) is 32.7 Å². The van der Waals surface area contributed by atoms with E-state index in [1.807, 2.05) is 0 Å². The van der Waals surface area contributed by atoms with Gasteiger partial charge in [-0.3, -0.25) is 0 Å². The van der Waals surface area contributed by atoms with Crippen molar-refractivity contribution >= 4 is 44.3 Å². The number of hydrogen-bond acceptors (Lipinski definition) is 2. The Morgan fingerprint density at radius 1 is 0.511 bits per heavy atom. The van der Waals surface area contributed by atoms with Crippen LogP contribution in [-0.2, 0) is 6.54 Å². The molecule has 0 atom stereocenters. The molecule has 0 radical (unpaired) electrons. The van der Waals surface area contributed by atoms with E-state index in [0.29, 0.717) is 0 Å². The van der Waals surface area contributed by atoms with E-state index in [-0.39, 0.29) is 0 Å². The van der Waals surface area contributed by atoms with E-state index >= 15 is 0 Å². The quantitative estimate of drug-likeness (QED) is 0.151. The van der Waals surface area contributed by atoms with Gasteiger partial charge < -0.3 is 9.80 Å². The van der Waals surface area contributed by atoms with E-state index in [0.717, 1.165) is 17.9 Å². The molecule has 0 aliphatic heterocycles. The number of benzene rings is 7. The molecule has 0 heterocycles. The summed E-state index contributed by atoms with van der Waals surface area (Å²) in [6.45, 7) is 5.03. The second-order valence-electron chi connectivity index (χ2n) is 11.8. The molecule has 0 bridgehead atoms. The fourth-order valence-electron chi connectivity index (χ4n) is 6.39. The summed E-state index contributed by atoms with van der Waals surface area (Å²) in [7, 11) is 0. The molecule has 0 amide bonds. The van der Waals surface area contributed by atoms with Gasteiger partial charge in [-0.15, -0.1) is 0 Å². The number of rotatable bonds is 9. The largest absolute Gasteiger partial charge is 0.341 e. The van der Waals surface area contributed by atoms with E-state index < -0.39 is 0 Å². The van der Waals surface area contributed by atoms with Crippen LogP contribution in [0, 0.1) is 0 Å². The molecule has 0 aliphatic carbocycles. The molecule has 7 aromatic rings. The summed E-state index contributed by atoms with van der Waals surface area (Å²) in [6, 6.07) is 58.9. The highest BCUT2D eigenvalue weighted by atomic mass is 15.1. The molecule has 7 aromatic carbocycles. The Morgan fingerprint density at radius 2 is 1.04 bits per heavy atom. The van der Waals surface area contributed by atoms with Crippen LogP contribution in [-0.4, -0.2) is 0 Å². The van der Waals surface area contributed by atoms with Crippen LogP contribution in [0.4, 0.5) is 22.7 Å². The molecule has 2 nitrogen and oxygen atoms in total. The molecule has 7 rings (SSSR count). The lowest BCUT2D eigenvalue weighted by molar-refractivity contribution is 0.919. The first-order valence-corrected chi connectivity index (χ1v) is 16.3. The molecule has 228 valence electrons. The summed E-state index contributed by atoms with van der Waals surface area (Å²) in [6.07, 6.45) is 6.37. The summed E-state index contributed by atoms with van der Waals surface area (Å²) >= 11 is 0. The standard InChI is InChI=1S/C45H38N2/c1-3-4-14-34(2)46(33-39-19-12-17-37-15-8-10-22-43(37)39)40-29-25-35(26-30-40)36-27-31-42(32-28-36)47(41-20-6-5-7-21-41)45-24-13-18-38-16-9-11-23-44(38)45/h3-32H,33H2,1-2H3/b4-3-,34-14+. The first-order valence-electron chi connectivity index (χ1n) is 16.3. The third-order valence-electron chi connectivity index (χ3n) is 8.82. The van der Waals surface area contributed by atoms with Crippen LogP contribution < -0.4 is 9.80 Å². The van der Waals surface area contributed by atoms with Crippen LogP contribution in [0.2, 0.25) is 0 Å². The summed E-state index contributed by atoms with van der Waals surface area (Å²) in [5.41, 5.74) is 9.48. The number of nitrogens with zero attached hydrogens (tertiary/aromatic N) is 2. The minimum absolute atomic E-state index is 0.790.